The molecule has 5 fully saturated rings. The van der Waals surface area contributed by atoms with Crippen molar-refractivity contribution in [2.45, 2.75) is 64.0 Å². The Morgan fingerprint density at radius 2 is 1.55 bits per heavy atom. The molecule has 4 amide bonds. The summed E-state index contributed by atoms with van der Waals surface area (Å²) < 4.78 is 5.03. The van der Waals surface area contributed by atoms with Gasteiger partial charge < -0.3 is 15.0 Å². The van der Waals surface area contributed by atoms with Gasteiger partial charge in [0.2, 0.25) is 5.91 Å². The van der Waals surface area contributed by atoms with Crippen LogP contribution in [0.4, 0.5) is 9.59 Å². The molecular formula is C21H34N4O4. The Kier molecular flexibility index (Phi) is 5.73. The second-order valence-electron chi connectivity index (χ2n) is 9.54. The number of carbonyl (C=O) groups excluding carboxylic acids is 3. The Morgan fingerprint density at radius 3 is 2.07 bits per heavy atom. The van der Waals surface area contributed by atoms with Gasteiger partial charge in [-0.05, 0) is 70.1 Å². The first-order valence-electron chi connectivity index (χ1n) is 11.2. The lowest BCUT2D eigenvalue weighted by atomic mass is 9.53. The van der Waals surface area contributed by atoms with Crippen LogP contribution < -0.4 is 10.6 Å². The number of piperazine rings is 1. The summed E-state index contributed by atoms with van der Waals surface area (Å²) in [5, 5.41) is 5.76. The van der Waals surface area contributed by atoms with Crippen LogP contribution in [0.2, 0.25) is 0 Å². The van der Waals surface area contributed by atoms with Crippen molar-refractivity contribution >= 4 is 18.0 Å². The van der Waals surface area contributed by atoms with Crippen molar-refractivity contribution in [3.63, 3.8) is 0 Å². The van der Waals surface area contributed by atoms with Crippen molar-refractivity contribution in [2.75, 3.05) is 32.8 Å². The second-order valence-corrected chi connectivity index (χ2v) is 9.54. The van der Waals surface area contributed by atoms with Gasteiger partial charge in [0.1, 0.15) is 0 Å². The van der Waals surface area contributed by atoms with E-state index in [0.29, 0.717) is 32.8 Å². The highest BCUT2D eigenvalue weighted by atomic mass is 16.6. The molecule has 162 valence electrons. The van der Waals surface area contributed by atoms with E-state index in [4.69, 9.17) is 4.74 Å². The number of ether oxygens (including phenoxy) is 1. The van der Waals surface area contributed by atoms with E-state index in [1.54, 1.807) is 11.8 Å². The summed E-state index contributed by atoms with van der Waals surface area (Å²) in [4.78, 5) is 40.7. The highest BCUT2D eigenvalue weighted by Crippen LogP contribution is 2.55. The van der Waals surface area contributed by atoms with Gasteiger partial charge in [-0.2, -0.15) is 0 Å². The van der Waals surface area contributed by atoms with Crippen LogP contribution in [-0.2, 0) is 9.53 Å². The maximum absolute atomic E-state index is 12.6. The monoisotopic (exact) mass is 406 g/mol. The largest absolute Gasteiger partial charge is 0.450 e. The lowest BCUT2D eigenvalue weighted by molar-refractivity contribution is -0.125. The molecule has 1 aliphatic heterocycles. The zero-order chi connectivity index (χ0) is 20.6. The molecule has 4 aliphatic carbocycles. The minimum atomic E-state index is -0.415. The van der Waals surface area contributed by atoms with E-state index in [0.717, 1.165) is 37.0 Å². The number of hydrogen-bond donors (Lipinski definition) is 2. The van der Waals surface area contributed by atoms with Gasteiger partial charge in [-0.25, -0.2) is 9.59 Å². The van der Waals surface area contributed by atoms with Crippen molar-refractivity contribution in [3.05, 3.63) is 0 Å². The van der Waals surface area contributed by atoms with E-state index in [-0.39, 0.29) is 23.6 Å². The Morgan fingerprint density at radius 1 is 1.00 bits per heavy atom. The summed E-state index contributed by atoms with van der Waals surface area (Å²) in [5.74, 6) is 1.95. The smallest absolute Gasteiger partial charge is 0.409 e. The fourth-order valence-electron chi connectivity index (χ4n) is 6.42. The lowest BCUT2D eigenvalue weighted by Crippen LogP contribution is -2.63. The highest BCUT2D eigenvalue weighted by molar-refractivity contribution is 5.97. The average Bonchev–Trinajstić information content (AvgIpc) is 2.66. The predicted molar refractivity (Wildman–Crippen MR) is 107 cm³/mol. The highest BCUT2D eigenvalue weighted by Gasteiger charge is 2.51. The van der Waals surface area contributed by atoms with Gasteiger partial charge >= 0.3 is 12.1 Å². The van der Waals surface area contributed by atoms with Gasteiger partial charge in [-0.1, -0.05) is 0 Å². The molecule has 29 heavy (non-hydrogen) atoms. The number of rotatable bonds is 4. The van der Waals surface area contributed by atoms with Crippen molar-refractivity contribution in [1.82, 2.24) is 20.4 Å². The molecule has 2 N–H and O–H groups in total. The van der Waals surface area contributed by atoms with Gasteiger partial charge in [0.15, 0.2) is 0 Å². The van der Waals surface area contributed by atoms with Crippen LogP contribution in [0.25, 0.3) is 0 Å². The zero-order valence-corrected chi connectivity index (χ0v) is 17.6. The molecule has 0 aromatic carbocycles. The quantitative estimate of drug-likeness (QED) is 0.745. The second kappa shape index (κ2) is 8.13. The number of urea groups is 1. The molecule has 8 nitrogen and oxygen atoms in total. The summed E-state index contributed by atoms with van der Waals surface area (Å²) in [6, 6.07) is -0.768. The SMILES string of the molecule is CCOC(=O)N1CCN([C@H](C)C(=O)NC(=O)NC23CC4CC(CC(C4)C2)C3)CC1. The first-order chi connectivity index (χ1) is 13.9. The minimum Gasteiger partial charge on any atom is -0.450 e. The number of imide groups is 1. The average molecular weight is 407 g/mol. The topological polar surface area (TPSA) is 91.0 Å². The molecule has 5 aliphatic rings. The number of nitrogens with one attached hydrogen (secondary N) is 2. The van der Waals surface area contributed by atoms with E-state index in [9.17, 15) is 14.4 Å². The lowest BCUT2D eigenvalue weighted by Gasteiger charge is -2.56. The Labute approximate surface area is 172 Å². The first kappa shape index (κ1) is 20.4. The summed E-state index contributed by atoms with van der Waals surface area (Å²) in [6.45, 7) is 6.18. The van der Waals surface area contributed by atoms with Crippen LogP contribution >= 0.6 is 0 Å². The molecule has 0 unspecified atom stereocenters. The summed E-state index contributed by atoms with van der Waals surface area (Å²) in [7, 11) is 0. The molecule has 0 aromatic heterocycles. The fourth-order valence-corrected chi connectivity index (χ4v) is 6.42. The van der Waals surface area contributed by atoms with Crippen LogP contribution in [0.5, 0.6) is 0 Å². The van der Waals surface area contributed by atoms with E-state index in [1.165, 1.54) is 19.3 Å². The van der Waals surface area contributed by atoms with Gasteiger partial charge in [-0.15, -0.1) is 0 Å². The maximum atomic E-state index is 12.6. The number of amides is 4. The molecule has 4 bridgehead atoms. The molecule has 1 atom stereocenters. The van der Waals surface area contributed by atoms with Crippen molar-refractivity contribution in [2.24, 2.45) is 17.8 Å². The number of carbonyl (C=O) groups is 3. The Bertz CT molecular complexity index is 624. The number of hydrogen-bond acceptors (Lipinski definition) is 5. The molecule has 0 radical (unpaired) electrons. The Hall–Kier alpha value is -1.83. The third-order valence-corrected chi connectivity index (χ3v) is 7.42. The summed E-state index contributed by atoms with van der Waals surface area (Å²) >= 11 is 0. The maximum Gasteiger partial charge on any atom is 0.409 e. The molecule has 0 aromatic rings. The minimum absolute atomic E-state index is 0.104. The van der Waals surface area contributed by atoms with Crippen molar-refractivity contribution in [1.29, 1.82) is 0 Å². The zero-order valence-electron chi connectivity index (χ0n) is 17.6. The van der Waals surface area contributed by atoms with Crippen molar-refractivity contribution in [3.8, 4) is 0 Å². The van der Waals surface area contributed by atoms with Crippen LogP contribution in [-0.4, -0.2) is 72.2 Å². The van der Waals surface area contributed by atoms with Crippen LogP contribution in [0.3, 0.4) is 0 Å². The molecule has 4 saturated carbocycles. The molecular weight excluding hydrogens is 372 g/mol. The third kappa shape index (κ3) is 4.37. The first-order valence-corrected chi connectivity index (χ1v) is 11.2. The summed E-state index contributed by atoms with van der Waals surface area (Å²) in [6.07, 6.45) is 6.83. The van der Waals surface area contributed by atoms with Gasteiger partial charge in [-0.3, -0.25) is 15.0 Å². The van der Waals surface area contributed by atoms with Crippen LogP contribution in [0.1, 0.15) is 52.4 Å². The van der Waals surface area contributed by atoms with Gasteiger partial charge in [0, 0.05) is 31.7 Å². The van der Waals surface area contributed by atoms with Gasteiger partial charge in [0.25, 0.3) is 0 Å². The van der Waals surface area contributed by atoms with Gasteiger partial charge in [0.05, 0.1) is 12.6 Å². The third-order valence-electron chi connectivity index (χ3n) is 7.42. The normalized spacial score (nSPS) is 34.6. The fraction of sp³-hybridized carbons (Fsp3) is 0.857. The van der Waals surface area contributed by atoms with Crippen molar-refractivity contribution < 1.29 is 19.1 Å². The van der Waals surface area contributed by atoms with E-state index >= 15 is 0 Å². The van der Waals surface area contributed by atoms with E-state index in [2.05, 4.69) is 10.6 Å². The van der Waals surface area contributed by atoms with Crippen LogP contribution in [0.15, 0.2) is 0 Å². The van der Waals surface area contributed by atoms with Crippen LogP contribution in [0, 0.1) is 17.8 Å². The Balaban J connectivity index is 1.25. The molecule has 8 heteroatoms. The summed E-state index contributed by atoms with van der Waals surface area (Å²) in [5.41, 5.74) is -0.104. The number of nitrogens with zero attached hydrogens (tertiary/aromatic N) is 2. The molecule has 0 spiro atoms. The standard InChI is InChI=1S/C21H34N4O4/c1-3-29-20(28)25-6-4-24(5-7-25)14(2)18(26)22-19(27)23-21-11-15-8-16(12-21)10-17(9-15)13-21/h14-17H,3-13H2,1-2H3,(H2,22,23,26,27)/t14-,15?,16?,17?,21?/m1/s1. The predicted octanol–water partition coefficient (Wildman–Crippen LogP) is 1.94. The van der Waals surface area contributed by atoms with E-state index < -0.39 is 6.04 Å². The molecule has 1 heterocycles. The van der Waals surface area contributed by atoms with E-state index in [1.807, 2.05) is 11.8 Å². The molecule has 5 rings (SSSR count). The molecule has 1 saturated heterocycles.